The van der Waals surface area contributed by atoms with E-state index >= 15 is 4.39 Å². The predicted molar refractivity (Wildman–Crippen MR) is 147 cm³/mol. The molecule has 3 aliphatic heterocycles. The molecule has 2 fully saturated rings. The van der Waals surface area contributed by atoms with Crippen LogP contribution in [0.5, 0.6) is 0 Å². The van der Waals surface area contributed by atoms with Crippen LogP contribution in [0, 0.1) is 11.7 Å². The third kappa shape index (κ3) is 6.01. The van der Waals surface area contributed by atoms with E-state index in [0.717, 1.165) is 57.1 Å². The van der Waals surface area contributed by atoms with Crippen molar-refractivity contribution < 1.29 is 18.7 Å². The zero-order valence-electron chi connectivity index (χ0n) is 22.0. The summed E-state index contributed by atoms with van der Waals surface area (Å²) in [5, 5.41) is 3.06. The second-order valence-corrected chi connectivity index (χ2v) is 10.2. The Labute approximate surface area is 222 Å². The van der Waals surface area contributed by atoms with Gasteiger partial charge in [-0.2, -0.15) is 0 Å². The molecule has 8 nitrogen and oxygen atoms in total. The highest BCUT2D eigenvalue weighted by atomic mass is 19.1. The fraction of sp³-hybridized carbons (Fsp3) is 0.414. The topological polar surface area (TPSA) is 77.5 Å². The van der Waals surface area contributed by atoms with Crippen molar-refractivity contribution in [3.05, 3.63) is 59.4 Å². The Morgan fingerprint density at radius 3 is 2.58 bits per heavy atom. The van der Waals surface area contributed by atoms with Gasteiger partial charge in [0, 0.05) is 63.7 Å². The Kier molecular flexibility index (Phi) is 7.97. The number of hydrogen-bond donors (Lipinski definition) is 1. The van der Waals surface area contributed by atoms with E-state index in [0.29, 0.717) is 35.6 Å². The number of nitrogens with one attached hydrogen (secondary N) is 1. The lowest BCUT2D eigenvalue weighted by molar-refractivity contribution is -0.117. The van der Waals surface area contributed by atoms with Gasteiger partial charge in [0.05, 0.1) is 30.5 Å². The van der Waals surface area contributed by atoms with Crippen molar-refractivity contribution >= 4 is 29.4 Å². The number of amides is 2. The van der Waals surface area contributed by atoms with Crippen LogP contribution in [0.4, 0.5) is 15.8 Å². The summed E-state index contributed by atoms with van der Waals surface area (Å²) >= 11 is 0. The van der Waals surface area contributed by atoms with E-state index in [1.54, 1.807) is 6.92 Å². The zero-order chi connectivity index (χ0) is 26.6. The van der Waals surface area contributed by atoms with Gasteiger partial charge >= 0.3 is 0 Å². The van der Waals surface area contributed by atoms with Crippen molar-refractivity contribution in [1.29, 1.82) is 0 Å². The minimum Gasteiger partial charge on any atom is -0.379 e. The maximum atomic E-state index is 15.1. The summed E-state index contributed by atoms with van der Waals surface area (Å²) in [5.74, 6) is -1.58. The molecule has 2 saturated heterocycles. The van der Waals surface area contributed by atoms with E-state index in [4.69, 9.17) is 4.74 Å². The molecule has 38 heavy (non-hydrogen) atoms. The number of carbonyl (C=O) groups is 2. The average Bonchev–Trinajstić information content (AvgIpc) is 2.91. The number of halogens is 1. The zero-order valence-corrected chi connectivity index (χ0v) is 22.0. The highest BCUT2D eigenvalue weighted by Crippen LogP contribution is 2.34. The molecule has 200 valence electrons. The molecule has 1 unspecified atom stereocenters. The number of rotatable bonds is 6. The fourth-order valence-corrected chi connectivity index (χ4v) is 5.11. The number of likely N-dealkylation sites (N-methyl/N-ethyl adjacent to an activating group) is 1. The molecule has 0 radical (unpaired) electrons. The van der Waals surface area contributed by atoms with Crippen molar-refractivity contribution in [1.82, 2.24) is 9.80 Å². The second-order valence-electron chi connectivity index (χ2n) is 10.2. The van der Waals surface area contributed by atoms with Crippen LogP contribution >= 0.6 is 0 Å². The van der Waals surface area contributed by atoms with Crippen molar-refractivity contribution in [3.8, 4) is 11.1 Å². The molecule has 1 N–H and O–H groups in total. The largest absolute Gasteiger partial charge is 0.379 e. The van der Waals surface area contributed by atoms with Crippen LogP contribution in [0.15, 0.2) is 53.0 Å². The first-order valence-corrected chi connectivity index (χ1v) is 13.1. The maximum absolute atomic E-state index is 15.1. The highest BCUT2D eigenvalue weighted by Gasteiger charge is 2.25. The average molecular weight is 520 g/mol. The molecule has 0 spiro atoms. The van der Waals surface area contributed by atoms with E-state index < -0.39 is 5.92 Å². The van der Waals surface area contributed by atoms with Crippen LogP contribution in [-0.4, -0.2) is 87.4 Å². The summed E-state index contributed by atoms with van der Waals surface area (Å²) in [6, 6.07) is 11.0. The SMILES string of the molecule is CC1=CC(=O)N=CC1C(=O)Nc1cc(-c2cc(CN3CCOCC3)ccc2F)ccc1N1CCN(C)CC1. The van der Waals surface area contributed by atoms with Crippen LogP contribution in [0.3, 0.4) is 0 Å². The summed E-state index contributed by atoms with van der Waals surface area (Å²) in [6.07, 6.45) is 2.78. The molecule has 3 aliphatic rings. The number of benzene rings is 2. The Bertz CT molecular complexity index is 1260. The lowest BCUT2D eigenvalue weighted by Crippen LogP contribution is -2.44. The number of hydrogen-bond acceptors (Lipinski definition) is 6. The van der Waals surface area contributed by atoms with Gasteiger partial charge in [0.2, 0.25) is 5.91 Å². The van der Waals surface area contributed by atoms with Gasteiger partial charge in [0.1, 0.15) is 5.82 Å². The molecule has 2 aromatic carbocycles. The van der Waals surface area contributed by atoms with Gasteiger partial charge in [0.25, 0.3) is 5.91 Å². The quantitative estimate of drug-likeness (QED) is 0.632. The Balaban J connectivity index is 1.46. The fourth-order valence-electron chi connectivity index (χ4n) is 5.11. The second kappa shape index (κ2) is 11.6. The molecule has 1 atom stereocenters. The van der Waals surface area contributed by atoms with E-state index in [1.807, 2.05) is 30.3 Å². The number of aliphatic imine (C=N–C) groups is 1. The number of piperazine rings is 1. The molecule has 0 aromatic heterocycles. The van der Waals surface area contributed by atoms with E-state index in [-0.39, 0.29) is 17.6 Å². The number of dihydropyridines is 1. The Morgan fingerprint density at radius 1 is 1.08 bits per heavy atom. The van der Waals surface area contributed by atoms with Crippen molar-refractivity contribution in [2.45, 2.75) is 13.5 Å². The van der Waals surface area contributed by atoms with Gasteiger partial charge in [-0.15, -0.1) is 0 Å². The summed E-state index contributed by atoms with van der Waals surface area (Å²) in [5.41, 5.74) is 4.37. The number of carbonyl (C=O) groups excluding carboxylic acids is 2. The third-order valence-corrected chi connectivity index (χ3v) is 7.43. The van der Waals surface area contributed by atoms with Gasteiger partial charge in [-0.1, -0.05) is 17.7 Å². The summed E-state index contributed by atoms with van der Waals surface area (Å²) in [4.78, 5) is 35.5. The molecular formula is C29H34FN5O3. The van der Waals surface area contributed by atoms with Crippen LogP contribution in [0.25, 0.3) is 11.1 Å². The molecular weight excluding hydrogens is 485 g/mol. The van der Waals surface area contributed by atoms with Crippen molar-refractivity contribution in [2.75, 3.05) is 69.7 Å². The molecule has 9 heteroatoms. The van der Waals surface area contributed by atoms with E-state index in [2.05, 4.69) is 32.1 Å². The van der Waals surface area contributed by atoms with Crippen molar-refractivity contribution in [2.24, 2.45) is 10.9 Å². The smallest absolute Gasteiger partial charge is 0.269 e. The first-order chi connectivity index (χ1) is 18.4. The monoisotopic (exact) mass is 519 g/mol. The van der Waals surface area contributed by atoms with Crippen LogP contribution in [-0.2, 0) is 20.9 Å². The van der Waals surface area contributed by atoms with Gasteiger partial charge < -0.3 is 19.9 Å². The first-order valence-electron chi connectivity index (χ1n) is 13.1. The lowest BCUT2D eigenvalue weighted by atomic mass is 9.97. The summed E-state index contributed by atoms with van der Waals surface area (Å²) < 4.78 is 20.6. The van der Waals surface area contributed by atoms with E-state index in [1.165, 1.54) is 18.4 Å². The molecule has 2 amide bonds. The van der Waals surface area contributed by atoms with Crippen LogP contribution in [0.1, 0.15) is 12.5 Å². The van der Waals surface area contributed by atoms with Gasteiger partial charge in [0.15, 0.2) is 0 Å². The van der Waals surface area contributed by atoms with E-state index in [9.17, 15) is 9.59 Å². The van der Waals surface area contributed by atoms with Crippen LogP contribution < -0.4 is 10.2 Å². The number of nitrogens with zero attached hydrogens (tertiary/aromatic N) is 4. The summed E-state index contributed by atoms with van der Waals surface area (Å²) in [7, 11) is 2.09. The molecule has 3 heterocycles. The van der Waals surface area contributed by atoms with Gasteiger partial charge in [-0.05, 0) is 49.4 Å². The molecule has 0 bridgehead atoms. The lowest BCUT2D eigenvalue weighted by Gasteiger charge is -2.35. The Morgan fingerprint density at radius 2 is 1.84 bits per heavy atom. The highest BCUT2D eigenvalue weighted by molar-refractivity contribution is 6.11. The number of morpholine rings is 1. The van der Waals surface area contributed by atoms with Gasteiger partial charge in [-0.3, -0.25) is 14.5 Å². The maximum Gasteiger partial charge on any atom is 0.269 e. The van der Waals surface area contributed by atoms with Crippen LogP contribution in [0.2, 0.25) is 0 Å². The minimum absolute atomic E-state index is 0.274. The Hall–Kier alpha value is -3.40. The van der Waals surface area contributed by atoms with Gasteiger partial charge in [-0.25, -0.2) is 9.38 Å². The third-order valence-electron chi connectivity index (χ3n) is 7.43. The minimum atomic E-state index is -0.634. The first kappa shape index (κ1) is 26.2. The standard InChI is InChI=1S/C29H34FN5O3/c1-20-15-28(36)31-18-24(20)29(37)32-26-17-22(4-6-27(26)35-9-7-33(2)8-10-35)23-16-21(3-5-25(23)30)19-34-11-13-38-14-12-34/h3-6,15-18,24H,7-14,19H2,1-2H3,(H,32,37). The summed E-state index contributed by atoms with van der Waals surface area (Å²) in [6.45, 7) is 9.06. The van der Waals surface area contributed by atoms with Crippen molar-refractivity contribution in [3.63, 3.8) is 0 Å². The molecule has 5 rings (SSSR count). The molecule has 0 saturated carbocycles. The normalized spacial score (nSPS) is 20.9. The number of ether oxygens (including phenoxy) is 1. The molecule has 2 aromatic rings. The molecule has 0 aliphatic carbocycles. The number of anilines is 2. The predicted octanol–water partition coefficient (Wildman–Crippen LogP) is 3.19.